The SMILES string of the molecule is CCNC(C)C(C)CCc1cccs1. The second kappa shape index (κ2) is 6.20. The summed E-state index contributed by atoms with van der Waals surface area (Å²) in [5, 5.41) is 5.64. The Hall–Kier alpha value is -0.340. The minimum absolute atomic E-state index is 0.639. The Morgan fingerprint density at radius 2 is 2.21 bits per heavy atom. The van der Waals surface area contributed by atoms with Crippen LogP contribution in [0.15, 0.2) is 17.5 Å². The fraction of sp³-hybridized carbons (Fsp3) is 0.667. The first-order valence-corrected chi connectivity index (χ1v) is 6.37. The first-order valence-electron chi connectivity index (χ1n) is 5.49. The van der Waals surface area contributed by atoms with Crippen molar-refractivity contribution >= 4 is 11.3 Å². The molecule has 0 aliphatic rings. The Kier molecular flexibility index (Phi) is 5.20. The van der Waals surface area contributed by atoms with Crippen LogP contribution in [0.2, 0.25) is 0 Å². The predicted molar refractivity (Wildman–Crippen MR) is 64.9 cm³/mol. The van der Waals surface area contributed by atoms with Crippen molar-refractivity contribution in [2.24, 2.45) is 5.92 Å². The summed E-state index contributed by atoms with van der Waals surface area (Å²) in [7, 11) is 0. The van der Waals surface area contributed by atoms with Crippen molar-refractivity contribution in [3.05, 3.63) is 22.4 Å². The summed E-state index contributed by atoms with van der Waals surface area (Å²) in [6, 6.07) is 5.01. The molecule has 2 atom stereocenters. The predicted octanol–water partition coefficient (Wildman–Crippen LogP) is 3.31. The van der Waals surface area contributed by atoms with Gasteiger partial charge in [-0.1, -0.05) is 19.9 Å². The Morgan fingerprint density at radius 3 is 2.79 bits per heavy atom. The van der Waals surface area contributed by atoms with E-state index in [1.165, 1.54) is 17.7 Å². The van der Waals surface area contributed by atoms with E-state index in [2.05, 4.69) is 43.6 Å². The van der Waals surface area contributed by atoms with E-state index in [-0.39, 0.29) is 0 Å². The van der Waals surface area contributed by atoms with Gasteiger partial charge < -0.3 is 5.32 Å². The molecule has 0 radical (unpaired) electrons. The van der Waals surface area contributed by atoms with E-state index in [1.54, 1.807) is 0 Å². The van der Waals surface area contributed by atoms with E-state index in [1.807, 2.05) is 11.3 Å². The lowest BCUT2D eigenvalue weighted by Gasteiger charge is -2.20. The topological polar surface area (TPSA) is 12.0 Å². The fourth-order valence-electron chi connectivity index (χ4n) is 1.60. The van der Waals surface area contributed by atoms with Gasteiger partial charge in [0.25, 0.3) is 0 Å². The van der Waals surface area contributed by atoms with Crippen LogP contribution in [-0.2, 0) is 6.42 Å². The zero-order valence-electron chi connectivity index (χ0n) is 9.42. The van der Waals surface area contributed by atoms with Crippen molar-refractivity contribution in [3.63, 3.8) is 0 Å². The third-order valence-electron chi connectivity index (χ3n) is 2.81. The van der Waals surface area contributed by atoms with Crippen molar-refractivity contribution < 1.29 is 0 Å². The highest BCUT2D eigenvalue weighted by molar-refractivity contribution is 7.09. The van der Waals surface area contributed by atoms with E-state index in [0.29, 0.717) is 6.04 Å². The van der Waals surface area contributed by atoms with Crippen LogP contribution in [0.25, 0.3) is 0 Å². The van der Waals surface area contributed by atoms with Gasteiger partial charge in [-0.05, 0) is 43.7 Å². The summed E-state index contributed by atoms with van der Waals surface area (Å²) in [4.78, 5) is 1.51. The van der Waals surface area contributed by atoms with Gasteiger partial charge in [-0.3, -0.25) is 0 Å². The number of hydrogen-bond donors (Lipinski definition) is 1. The molecule has 1 rings (SSSR count). The van der Waals surface area contributed by atoms with Gasteiger partial charge in [0.1, 0.15) is 0 Å². The molecule has 2 heteroatoms. The van der Waals surface area contributed by atoms with Crippen LogP contribution in [0.5, 0.6) is 0 Å². The smallest absolute Gasteiger partial charge is 0.00643 e. The molecule has 0 aliphatic heterocycles. The maximum Gasteiger partial charge on any atom is 0.00643 e. The van der Waals surface area contributed by atoms with Crippen molar-refractivity contribution in [1.82, 2.24) is 5.32 Å². The highest BCUT2D eigenvalue weighted by atomic mass is 32.1. The van der Waals surface area contributed by atoms with Gasteiger partial charge >= 0.3 is 0 Å². The zero-order valence-corrected chi connectivity index (χ0v) is 10.2. The Balaban J connectivity index is 2.24. The molecule has 80 valence electrons. The van der Waals surface area contributed by atoms with E-state index < -0.39 is 0 Å². The quantitative estimate of drug-likeness (QED) is 0.761. The van der Waals surface area contributed by atoms with Crippen molar-refractivity contribution in [2.75, 3.05) is 6.54 Å². The van der Waals surface area contributed by atoms with E-state index in [0.717, 1.165) is 12.5 Å². The largest absolute Gasteiger partial charge is 0.314 e. The maximum absolute atomic E-state index is 3.48. The zero-order chi connectivity index (χ0) is 10.4. The van der Waals surface area contributed by atoms with Gasteiger partial charge in [0.15, 0.2) is 0 Å². The van der Waals surface area contributed by atoms with Gasteiger partial charge in [-0.15, -0.1) is 11.3 Å². The van der Waals surface area contributed by atoms with Crippen molar-refractivity contribution in [1.29, 1.82) is 0 Å². The van der Waals surface area contributed by atoms with Crippen molar-refractivity contribution in [3.8, 4) is 0 Å². The number of aryl methyl sites for hydroxylation is 1. The first-order chi connectivity index (χ1) is 6.74. The molecule has 2 unspecified atom stereocenters. The molecule has 0 fully saturated rings. The lowest BCUT2D eigenvalue weighted by Crippen LogP contribution is -2.32. The summed E-state index contributed by atoms with van der Waals surface area (Å²) in [5.41, 5.74) is 0. The van der Waals surface area contributed by atoms with Crippen LogP contribution in [0.4, 0.5) is 0 Å². The number of rotatable bonds is 6. The highest BCUT2D eigenvalue weighted by Crippen LogP contribution is 2.16. The second-order valence-electron chi connectivity index (χ2n) is 3.94. The molecule has 1 aromatic heterocycles. The van der Waals surface area contributed by atoms with Gasteiger partial charge in [0.05, 0.1) is 0 Å². The molecule has 0 aromatic carbocycles. The molecule has 0 aliphatic carbocycles. The first kappa shape index (κ1) is 11.7. The molecule has 1 aromatic rings. The summed E-state index contributed by atoms with van der Waals surface area (Å²) in [6.07, 6.45) is 2.52. The monoisotopic (exact) mass is 211 g/mol. The highest BCUT2D eigenvalue weighted by Gasteiger charge is 2.10. The average Bonchev–Trinajstić information content (AvgIpc) is 2.67. The summed E-state index contributed by atoms with van der Waals surface area (Å²) >= 11 is 1.87. The van der Waals surface area contributed by atoms with Crippen LogP contribution in [0.3, 0.4) is 0 Å². The minimum atomic E-state index is 0.639. The van der Waals surface area contributed by atoms with E-state index >= 15 is 0 Å². The second-order valence-corrected chi connectivity index (χ2v) is 4.97. The molecule has 1 heterocycles. The van der Waals surface area contributed by atoms with E-state index in [9.17, 15) is 0 Å². The molecule has 1 nitrogen and oxygen atoms in total. The molecular formula is C12H21NS. The van der Waals surface area contributed by atoms with Gasteiger partial charge in [-0.25, -0.2) is 0 Å². The summed E-state index contributed by atoms with van der Waals surface area (Å²) in [5.74, 6) is 0.761. The molecule has 1 N–H and O–H groups in total. The average molecular weight is 211 g/mol. The Labute approximate surface area is 91.5 Å². The van der Waals surface area contributed by atoms with Crippen LogP contribution < -0.4 is 5.32 Å². The van der Waals surface area contributed by atoms with Gasteiger partial charge in [-0.2, -0.15) is 0 Å². The molecule has 14 heavy (non-hydrogen) atoms. The van der Waals surface area contributed by atoms with Gasteiger partial charge in [0, 0.05) is 10.9 Å². The van der Waals surface area contributed by atoms with Gasteiger partial charge in [0.2, 0.25) is 0 Å². The molecule has 0 amide bonds. The normalized spacial score (nSPS) is 15.4. The Bertz CT molecular complexity index is 230. The standard InChI is InChI=1S/C12H21NS/c1-4-13-11(3)10(2)7-8-12-6-5-9-14-12/h5-6,9-11,13H,4,7-8H2,1-3H3. The molecular weight excluding hydrogens is 190 g/mol. The lowest BCUT2D eigenvalue weighted by atomic mass is 9.97. The number of nitrogens with one attached hydrogen (secondary N) is 1. The third-order valence-corrected chi connectivity index (χ3v) is 3.74. The molecule has 0 bridgehead atoms. The molecule has 0 saturated heterocycles. The fourth-order valence-corrected chi connectivity index (χ4v) is 2.32. The van der Waals surface area contributed by atoms with Crippen LogP contribution in [0.1, 0.15) is 32.1 Å². The van der Waals surface area contributed by atoms with Crippen LogP contribution >= 0.6 is 11.3 Å². The third kappa shape index (κ3) is 3.81. The lowest BCUT2D eigenvalue weighted by molar-refractivity contribution is 0.387. The Morgan fingerprint density at radius 1 is 1.43 bits per heavy atom. The maximum atomic E-state index is 3.48. The van der Waals surface area contributed by atoms with Crippen LogP contribution in [-0.4, -0.2) is 12.6 Å². The summed E-state index contributed by atoms with van der Waals surface area (Å²) < 4.78 is 0. The number of hydrogen-bond acceptors (Lipinski definition) is 2. The molecule has 0 spiro atoms. The minimum Gasteiger partial charge on any atom is -0.314 e. The van der Waals surface area contributed by atoms with Crippen molar-refractivity contribution in [2.45, 2.75) is 39.7 Å². The number of thiophene rings is 1. The molecule has 0 saturated carbocycles. The summed E-state index contributed by atoms with van der Waals surface area (Å²) in [6.45, 7) is 7.86. The van der Waals surface area contributed by atoms with E-state index in [4.69, 9.17) is 0 Å². The van der Waals surface area contributed by atoms with Crippen LogP contribution in [0, 0.1) is 5.92 Å².